The largest absolute Gasteiger partial charge is 0.397 e. The van der Waals surface area contributed by atoms with E-state index in [1.807, 2.05) is 18.2 Å². The third-order valence-corrected chi connectivity index (χ3v) is 3.12. The molecule has 0 unspecified atom stereocenters. The highest BCUT2D eigenvalue weighted by Gasteiger charge is 2.27. The van der Waals surface area contributed by atoms with Crippen LogP contribution in [0.5, 0.6) is 0 Å². The summed E-state index contributed by atoms with van der Waals surface area (Å²) in [5, 5.41) is 1.86. The summed E-state index contributed by atoms with van der Waals surface area (Å²) in [7, 11) is 0. The fourth-order valence-electron chi connectivity index (χ4n) is 2.03. The molecule has 1 fully saturated rings. The standard InChI is InChI=1S/C12H11ClN2/c13-8-3-4-11-9(5-8)12(7-1-2-7)10(14)6-15-11/h3-7H,1-2,14H2. The number of fused-ring (bicyclic) bond motifs is 1. The molecule has 3 rings (SSSR count). The quantitative estimate of drug-likeness (QED) is 0.797. The molecule has 1 aliphatic carbocycles. The molecule has 1 aromatic heterocycles. The van der Waals surface area contributed by atoms with Crippen molar-refractivity contribution in [2.75, 3.05) is 5.73 Å². The number of halogens is 1. The highest BCUT2D eigenvalue weighted by molar-refractivity contribution is 6.31. The Labute approximate surface area is 93.1 Å². The summed E-state index contributed by atoms with van der Waals surface area (Å²) < 4.78 is 0. The van der Waals surface area contributed by atoms with E-state index in [0.29, 0.717) is 5.92 Å². The molecule has 2 aromatic rings. The van der Waals surface area contributed by atoms with Gasteiger partial charge in [-0.3, -0.25) is 4.98 Å². The molecular formula is C12H11ClN2. The monoisotopic (exact) mass is 218 g/mol. The van der Waals surface area contributed by atoms with Gasteiger partial charge in [0.2, 0.25) is 0 Å². The molecule has 1 aliphatic rings. The zero-order valence-corrected chi connectivity index (χ0v) is 8.96. The van der Waals surface area contributed by atoms with Crippen molar-refractivity contribution in [2.24, 2.45) is 0 Å². The Bertz CT molecular complexity index is 527. The molecule has 3 heteroatoms. The zero-order chi connectivity index (χ0) is 10.4. The second kappa shape index (κ2) is 3.11. The number of aromatic nitrogens is 1. The van der Waals surface area contributed by atoms with Crippen LogP contribution in [0.2, 0.25) is 5.02 Å². The van der Waals surface area contributed by atoms with Crippen LogP contribution >= 0.6 is 11.6 Å². The topological polar surface area (TPSA) is 38.9 Å². The molecule has 0 saturated heterocycles. The van der Waals surface area contributed by atoms with E-state index in [0.717, 1.165) is 21.6 Å². The molecule has 76 valence electrons. The van der Waals surface area contributed by atoms with Gasteiger partial charge >= 0.3 is 0 Å². The highest BCUT2D eigenvalue weighted by Crippen LogP contribution is 2.45. The first-order valence-corrected chi connectivity index (χ1v) is 5.47. The maximum atomic E-state index is 6.00. The van der Waals surface area contributed by atoms with E-state index in [1.165, 1.54) is 18.4 Å². The Morgan fingerprint density at radius 3 is 2.87 bits per heavy atom. The van der Waals surface area contributed by atoms with E-state index in [9.17, 15) is 0 Å². The lowest BCUT2D eigenvalue weighted by atomic mass is 10.0. The smallest absolute Gasteiger partial charge is 0.0707 e. The number of hydrogen-bond acceptors (Lipinski definition) is 2. The lowest BCUT2D eigenvalue weighted by molar-refractivity contribution is 1.14. The van der Waals surface area contributed by atoms with Crippen LogP contribution in [0.25, 0.3) is 10.9 Å². The number of pyridine rings is 1. The molecular weight excluding hydrogens is 208 g/mol. The van der Waals surface area contributed by atoms with Crippen molar-refractivity contribution >= 4 is 28.2 Å². The Hall–Kier alpha value is -1.28. The van der Waals surface area contributed by atoms with Crippen molar-refractivity contribution in [3.63, 3.8) is 0 Å². The van der Waals surface area contributed by atoms with Crippen LogP contribution in [0.3, 0.4) is 0 Å². The molecule has 15 heavy (non-hydrogen) atoms. The van der Waals surface area contributed by atoms with Crippen LogP contribution in [0.1, 0.15) is 24.3 Å². The average molecular weight is 219 g/mol. The van der Waals surface area contributed by atoms with E-state index in [2.05, 4.69) is 4.98 Å². The first kappa shape index (κ1) is 8.98. The number of nitrogen functional groups attached to an aromatic ring is 1. The van der Waals surface area contributed by atoms with E-state index < -0.39 is 0 Å². The maximum absolute atomic E-state index is 6.00. The van der Waals surface area contributed by atoms with Crippen LogP contribution < -0.4 is 5.73 Å². The van der Waals surface area contributed by atoms with Crippen molar-refractivity contribution in [3.8, 4) is 0 Å². The van der Waals surface area contributed by atoms with Gasteiger partial charge in [-0.15, -0.1) is 0 Å². The summed E-state index contributed by atoms with van der Waals surface area (Å²) in [5.41, 5.74) is 8.99. The molecule has 0 radical (unpaired) electrons. The maximum Gasteiger partial charge on any atom is 0.0707 e. The third-order valence-electron chi connectivity index (χ3n) is 2.89. The van der Waals surface area contributed by atoms with Gasteiger partial charge in [0, 0.05) is 10.4 Å². The Balaban J connectivity index is 2.36. The second-order valence-electron chi connectivity index (χ2n) is 4.06. The van der Waals surface area contributed by atoms with Crippen molar-refractivity contribution in [1.29, 1.82) is 0 Å². The predicted molar refractivity (Wildman–Crippen MR) is 63.1 cm³/mol. The summed E-state index contributed by atoms with van der Waals surface area (Å²) >= 11 is 6.00. The molecule has 2 nitrogen and oxygen atoms in total. The summed E-state index contributed by atoms with van der Waals surface area (Å²) in [4.78, 5) is 4.31. The molecule has 1 saturated carbocycles. The fraction of sp³-hybridized carbons (Fsp3) is 0.250. The fourth-order valence-corrected chi connectivity index (χ4v) is 2.20. The molecule has 0 amide bonds. The normalized spacial score (nSPS) is 15.8. The van der Waals surface area contributed by atoms with Gasteiger partial charge in [0.05, 0.1) is 17.4 Å². The molecule has 2 N–H and O–H groups in total. The van der Waals surface area contributed by atoms with E-state index in [-0.39, 0.29) is 0 Å². The number of benzene rings is 1. The van der Waals surface area contributed by atoms with Gasteiger partial charge in [-0.05, 0) is 42.5 Å². The van der Waals surface area contributed by atoms with Crippen LogP contribution in [0.15, 0.2) is 24.4 Å². The van der Waals surface area contributed by atoms with Gasteiger partial charge in [0.25, 0.3) is 0 Å². The molecule has 1 aromatic carbocycles. The van der Waals surface area contributed by atoms with E-state index in [1.54, 1.807) is 6.20 Å². The Morgan fingerprint density at radius 2 is 2.13 bits per heavy atom. The van der Waals surface area contributed by atoms with Gasteiger partial charge in [-0.25, -0.2) is 0 Å². The predicted octanol–water partition coefficient (Wildman–Crippen LogP) is 3.35. The lowest BCUT2D eigenvalue weighted by Gasteiger charge is -2.08. The average Bonchev–Trinajstić information content (AvgIpc) is 3.01. The first-order chi connectivity index (χ1) is 7.25. The van der Waals surface area contributed by atoms with Crippen molar-refractivity contribution in [3.05, 3.63) is 35.0 Å². The van der Waals surface area contributed by atoms with Gasteiger partial charge in [-0.2, -0.15) is 0 Å². The number of nitrogens with zero attached hydrogens (tertiary/aromatic N) is 1. The van der Waals surface area contributed by atoms with Crippen LogP contribution in [0, 0.1) is 0 Å². The molecule has 0 aliphatic heterocycles. The summed E-state index contributed by atoms with van der Waals surface area (Å²) in [6.07, 6.45) is 4.22. The molecule has 1 heterocycles. The summed E-state index contributed by atoms with van der Waals surface area (Å²) in [5.74, 6) is 0.619. The Morgan fingerprint density at radius 1 is 1.33 bits per heavy atom. The van der Waals surface area contributed by atoms with Crippen LogP contribution in [0.4, 0.5) is 5.69 Å². The lowest BCUT2D eigenvalue weighted by Crippen LogP contribution is -1.95. The van der Waals surface area contributed by atoms with E-state index >= 15 is 0 Å². The van der Waals surface area contributed by atoms with Crippen molar-refractivity contribution < 1.29 is 0 Å². The summed E-state index contributed by atoms with van der Waals surface area (Å²) in [6, 6.07) is 5.78. The van der Waals surface area contributed by atoms with Gasteiger partial charge in [0.1, 0.15) is 0 Å². The zero-order valence-electron chi connectivity index (χ0n) is 8.20. The SMILES string of the molecule is Nc1cnc2ccc(Cl)cc2c1C1CC1. The second-order valence-corrected chi connectivity index (χ2v) is 4.50. The first-order valence-electron chi connectivity index (χ1n) is 5.09. The molecule has 0 atom stereocenters. The van der Waals surface area contributed by atoms with Gasteiger partial charge in [-0.1, -0.05) is 11.6 Å². The number of anilines is 1. The van der Waals surface area contributed by atoms with Gasteiger partial charge < -0.3 is 5.73 Å². The van der Waals surface area contributed by atoms with E-state index in [4.69, 9.17) is 17.3 Å². The minimum Gasteiger partial charge on any atom is -0.397 e. The minimum absolute atomic E-state index is 0.619. The highest BCUT2D eigenvalue weighted by atomic mass is 35.5. The molecule has 0 spiro atoms. The Kier molecular flexibility index (Phi) is 1.86. The third kappa shape index (κ3) is 1.45. The number of hydrogen-bond donors (Lipinski definition) is 1. The van der Waals surface area contributed by atoms with Crippen LogP contribution in [-0.4, -0.2) is 4.98 Å². The number of rotatable bonds is 1. The summed E-state index contributed by atoms with van der Waals surface area (Å²) in [6.45, 7) is 0. The van der Waals surface area contributed by atoms with Gasteiger partial charge in [0.15, 0.2) is 0 Å². The van der Waals surface area contributed by atoms with Crippen LogP contribution in [-0.2, 0) is 0 Å². The minimum atomic E-state index is 0.619. The molecule has 0 bridgehead atoms. The van der Waals surface area contributed by atoms with Crippen molar-refractivity contribution in [1.82, 2.24) is 4.98 Å². The number of nitrogens with two attached hydrogens (primary N) is 1. The van der Waals surface area contributed by atoms with Crippen molar-refractivity contribution in [2.45, 2.75) is 18.8 Å².